The fourth-order valence-corrected chi connectivity index (χ4v) is 4.28. The van der Waals surface area contributed by atoms with Crippen LogP contribution < -0.4 is 4.74 Å². The first-order valence-electron chi connectivity index (χ1n) is 11.3. The minimum absolute atomic E-state index is 0.161. The van der Waals surface area contributed by atoms with E-state index in [0.717, 1.165) is 28.0 Å². The lowest BCUT2D eigenvalue weighted by Crippen LogP contribution is -2.02. The van der Waals surface area contributed by atoms with E-state index < -0.39 is 5.82 Å². The van der Waals surface area contributed by atoms with E-state index in [4.69, 9.17) is 14.1 Å². The minimum Gasteiger partial charge on any atom is -0.497 e. The van der Waals surface area contributed by atoms with Gasteiger partial charge >= 0.3 is 0 Å². The van der Waals surface area contributed by atoms with Gasteiger partial charge in [-0.05, 0) is 73.7 Å². The Morgan fingerprint density at radius 1 is 0.944 bits per heavy atom. The van der Waals surface area contributed by atoms with Gasteiger partial charge in [0, 0.05) is 28.8 Å². The fourth-order valence-electron chi connectivity index (χ4n) is 4.28. The minimum atomic E-state index is -0.410. The smallest absolute Gasteiger partial charge is 0.228 e. The van der Waals surface area contributed by atoms with Gasteiger partial charge in [-0.3, -0.25) is 4.79 Å². The van der Waals surface area contributed by atoms with Crippen molar-refractivity contribution in [1.29, 1.82) is 0 Å². The zero-order valence-electron chi connectivity index (χ0n) is 19.5. The predicted molar refractivity (Wildman–Crippen MR) is 135 cm³/mol. The maximum atomic E-state index is 13.5. The highest BCUT2D eigenvalue weighted by atomic mass is 19.1. The van der Waals surface area contributed by atoms with Crippen LogP contribution in [-0.2, 0) is 0 Å². The SMILES string of the molecule is COc1ccc(-c2cc3nc(-c4c(C(=O)c5ccc(F)cc5)oc5ccc(C)cc45)ccn3n2)cc1. The summed E-state index contributed by atoms with van der Waals surface area (Å²) in [4.78, 5) is 18.3. The third kappa shape index (κ3) is 3.71. The lowest BCUT2D eigenvalue weighted by Gasteiger charge is -2.04. The molecule has 0 aliphatic heterocycles. The molecule has 3 aromatic heterocycles. The zero-order valence-corrected chi connectivity index (χ0v) is 19.5. The molecule has 6 aromatic rings. The molecule has 3 aromatic carbocycles. The molecule has 3 heterocycles. The van der Waals surface area contributed by atoms with Crippen molar-refractivity contribution in [3.63, 3.8) is 0 Å². The van der Waals surface area contributed by atoms with E-state index in [1.54, 1.807) is 11.6 Å². The summed E-state index contributed by atoms with van der Waals surface area (Å²) in [7, 11) is 1.63. The van der Waals surface area contributed by atoms with E-state index in [1.807, 2.05) is 67.7 Å². The Morgan fingerprint density at radius 3 is 2.47 bits per heavy atom. The van der Waals surface area contributed by atoms with E-state index in [0.29, 0.717) is 28.1 Å². The Bertz CT molecular complexity index is 1750. The number of furan rings is 1. The van der Waals surface area contributed by atoms with Gasteiger partial charge in [-0.2, -0.15) is 5.10 Å². The highest BCUT2D eigenvalue weighted by Gasteiger charge is 2.24. The lowest BCUT2D eigenvalue weighted by molar-refractivity contribution is 0.101. The van der Waals surface area contributed by atoms with Crippen LogP contribution in [0.15, 0.2) is 89.5 Å². The number of hydrogen-bond donors (Lipinski definition) is 0. The quantitative estimate of drug-likeness (QED) is 0.265. The molecule has 0 radical (unpaired) electrons. The molecule has 0 saturated heterocycles. The Morgan fingerprint density at radius 2 is 1.72 bits per heavy atom. The number of carbonyl (C=O) groups is 1. The number of nitrogens with zero attached hydrogens (tertiary/aromatic N) is 3. The summed E-state index contributed by atoms with van der Waals surface area (Å²) in [5.41, 5.74) is 5.43. The van der Waals surface area contributed by atoms with Gasteiger partial charge in [0.1, 0.15) is 17.1 Å². The summed E-state index contributed by atoms with van der Waals surface area (Å²) in [5.74, 6) is 0.179. The third-order valence-electron chi connectivity index (χ3n) is 6.12. The first-order valence-corrected chi connectivity index (χ1v) is 11.3. The number of benzene rings is 3. The Labute approximate surface area is 205 Å². The second kappa shape index (κ2) is 8.46. The van der Waals surface area contributed by atoms with Gasteiger partial charge in [-0.15, -0.1) is 0 Å². The maximum absolute atomic E-state index is 13.5. The summed E-state index contributed by atoms with van der Waals surface area (Å²) in [6.45, 7) is 1.98. The van der Waals surface area contributed by atoms with Crippen molar-refractivity contribution in [3.05, 3.63) is 108 Å². The number of ketones is 1. The van der Waals surface area contributed by atoms with E-state index in [9.17, 15) is 9.18 Å². The van der Waals surface area contributed by atoms with Crippen LogP contribution in [-0.4, -0.2) is 27.5 Å². The molecule has 0 saturated carbocycles. The van der Waals surface area contributed by atoms with Crippen molar-refractivity contribution in [1.82, 2.24) is 14.6 Å². The molecule has 6 nitrogen and oxygen atoms in total. The Kier molecular flexibility index (Phi) is 5.11. The van der Waals surface area contributed by atoms with E-state index in [1.165, 1.54) is 24.3 Å². The Hall–Kier alpha value is -4.78. The number of hydrogen-bond acceptors (Lipinski definition) is 5. The summed E-state index contributed by atoms with van der Waals surface area (Å²) in [6.07, 6.45) is 1.81. The monoisotopic (exact) mass is 477 g/mol. The van der Waals surface area contributed by atoms with Gasteiger partial charge in [-0.25, -0.2) is 13.9 Å². The van der Waals surface area contributed by atoms with Crippen LogP contribution in [0, 0.1) is 12.7 Å². The van der Waals surface area contributed by atoms with E-state index >= 15 is 0 Å². The molecule has 0 bridgehead atoms. The van der Waals surface area contributed by atoms with Crippen molar-refractivity contribution < 1.29 is 18.3 Å². The van der Waals surface area contributed by atoms with Gasteiger partial charge in [0.2, 0.25) is 5.78 Å². The average molecular weight is 477 g/mol. The molecular formula is C29H20FN3O3. The average Bonchev–Trinajstić information content (AvgIpc) is 3.49. The molecule has 0 N–H and O–H groups in total. The number of fused-ring (bicyclic) bond motifs is 2. The predicted octanol–water partition coefficient (Wildman–Crippen LogP) is 6.50. The van der Waals surface area contributed by atoms with Crippen molar-refractivity contribution in [2.24, 2.45) is 0 Å². The van der Waals surface area contributed by atoms with Crippen molar-refractivity contribution in [3.8, 4) is 28.3 Å². The van der Waals surface area contributed by atoms with E-state index in [2.05, 4.69) is 5.10 Å². The largest absolute Gasteiger partial charge is 0.497 e. The molecule has 0 aliphatic carbocycles. The van der Waals surface area contributed by atoms with Crippen molar-refractivity contribution in [2.75, 3.05) is 7.11 Å². The highest BCUT2D eigenvalue weighted by Crippen LogP contribution is 2.36. The second-order valence-electron chi connectivity index (χ2n) is 8.52. The fraction of sp³-hybridized carbons (Fsp3) is 0.0690. The molecular weight excluding hydrogens is 457 g/mol. The van der Waals surface area contributed by atoms with Crippen LogP contribution in [0.25, 0.3) is 39.1 Å². The number of carbonyl (C=O) groups excluding carboxylic acids is 1. The normalized spacial score (nSPS) is 11.3. The number of halogens is 1. The van der Waals surface area contributed by atoms with Crippen molar-refractivity contribution >= 4 is 22.4 Å². The first-order chi connectivity index (χ1) is 17.5. The van der Waals surface area contributed by atoms with Crippen molar-refractivity contribution in [2.45, 2.75) is 6.92 Å². The Balaban J connectivity index is 1.50. The van der Waals surface area contributed by atoms with Crippen LogP contribution in [0.5, 0.6) is 5.75 Å². The van der Waals surface area contributed by atoms with Gasteiger partial charge in [0.25, 0.3) is 0 Å². The highest BCUT2D eigenvalue weighted by molar-refractivity contribution is 6.15. The van der Waals surface area contributed by atoms with Gasteiger partial charge < -0.3 is 9.15 Å². The number of methoxy groups -OCH3 is 1. The number of aromatic nitrogens is 3. The summed E-state index contributed by atoms with van der Waals surface area (Å²) < 4.78 is 26.4. The molecule has 7 heteroatoms. The lowest BCUT2D eigenvalue weighted by atomic mass is 10.0. The summed E-state index contributed by atoms with van der Waals surface area (Å²) in [6, 6.07) is 22.5. The number of ether oxygens (including phenoxy) is 1. The van der Waals surface area contributed by atoms with Crippen LogP contribution in [0.4, 0.5) is 4.39 Å². The van der Waals surface area contributed by atoms with Crippen LogP contribution in [0.3, 0.4) is 0 Å². The third-order valence-corrected chi connectivity index (χ3v) is 6.12. The topological polar surface area (TPSA) is 69.6 Å². The summed E-state index contributed by atoms with van der Waals surface area (Å²) in [5, 5.41) is 5.42. The molecule has 0 aliphatic rings. The molecule has 176 valence electrons. The molecule has 0 unspecified atom stereocenters. The van der Waals surface area contributed by atoms with Crippen LogP contribution in [0.1, 0.15) is 21.7 Å². The summed E-state index contributed by atoms with van der Waals surface area (Å²) >= 11 is 0. The van der Waals surface area contributed by atoms with Crippen LogP contribution in [0.2, 0.25) is 0 Å². The van der Waals surface area contributed by atoms with Gasteiger partial charge in [-0.1, -0.05) is 11.6 Å². The molecule has 0 spiro atoms. The van der Waals surface area contributed by atoms with Gasteiger partial charge in [0.05, 0.1) is 24.1 Å². The number of rotatable bonds is 5. The van der Waals surface area contributed by atoms with E-state index in [-0.39, 0.29) is 11.5 Å². The molecule has 0 atom stereocenters. The zero-order chi connectivity index (χ0) is 24.8. The number of aryl methyl sites for hydroxylation is 1. The molecule has 36 heavy (non-hydrogen) atoms. The standard InChI is InChI=1S/C29H20FN3O3/c1-17-3-12-25-22(15-17)27(29(36-25)28(34)19-4-8-20(30)9-5-19)23-13-14-33-26(31-23)16-24(32-33)18-6-10-21(35-2)11-7-18/h3-16H,1-2H3. The molecule has 6 rings (SSSR count). The first kappa shape index (κ1) is 21.7. The van der Waals surface area contributed by atoms with Gasteiger partial charge in [0.15, 0.2) is 11.4 Å². The molecule has 0 amide bonds. The maximum Gasteiger partial charge on any atom is 0.228 e. The second-order valence-corrected chi connectivity index (χ2v) is 8.52. The molecule has 0 fully saturated rings. The van der Waals surface area contributed by atoms with Crippen LogP contribution >= 0.6 is 0 Å².